The quantitative estimate of drug-likeness (QED) is 0.639. The summed E-state index contributed by atoms with van der Waals surface area (Å²) < 4.78 is 0. The lowest BCUT2D eigenvalue weighted by molar-refractivity contribution is -0.384. The van der Waals surface area contributed by atoms with Gasteiger partial charge in [-0.2, -0.15) is 0 Å². The molecule has 1 heterocycles. The second kappa shape index (κ2) is 5.79. The second-order valence-corrected chi connectivity index (χ2v) is 3.97. The number of nitrogens with zero attached hydrogens (tertiary/aromatic N) is 2. The fourth-order valence-corrected chi connectivity index (χ4v) is 1.75. The summed E-state index contributed by atoms with van der Waals surface area (Å²) in [6, 6.07) is 7.41. The number of nitrogens with one attached hydrogen (secondary N) is 1. The van der Waals surface area contributed by atoms with Gasteiger partial charge in [-0.3, -0.25) is 15.1 Å². The minimum atomic E-state index is -1.22. The standard InChI is InChI=1S/C13H11N3O4/c17-13(18)10-2-1-3-11(16(19)20)12(10)15-8-9-4-6-14-7-5-9/h1-7,15H,8H2,(H,17,18). The number of para-hydroxylation sites is 1. The molecule has 2 N–H and O–H groups in total. The first-order chi connectivity index (χ1) is 9.59. The second-order valence-electron chi connectivity index (χ2n) is 3.97. The van der Waals surface area contributed by atoms with Crippen LogP contribution >= 0.6 is 0 Å². The predicted molar refractivity (Wildman–Crippen MR) is 71.6 cm³/mol. The first kappa shape index (κ1) is 13.5. The highest BCUT2D eigenvalue weighted by Crippen LogP contribution is 2.28. The molecule has 0 saturated carbocycles. The van der Waals surface area contributed by atoms with Gasteiger partial charge in [-0.25, -0.2) is 4.79 Å². The molecule has 7 heteroatoms. The van der Waals surface area contributed by atoms with Gasteiger partial charge in [0.25, 0.3) is 5.69 Å². The number of carboxylic acid groups (broad SMARTS) is 1. The van der Waals surface area contributed by atoms with E-state index in [4.69, 9.17) is 5.11 Å². The van der Waals surface area contributed by atoms with Crippen molar-refractivity contribution < 1.29 is 14.8 Å². The molecule has 0 aliphatic carbocycles. The van der Waals surface area contributed by atoms with Crippen LogP contribution in [0.1, 0.15) is 15.9 Å². The topological polar surface area (TPSA) is 105 Å². The van der Waals surface area contributed by atoms with Crippen molar-refractivity contribution in [2.24, 2.45) is 0 Å². The van der Waals surface area contributed by atoms with Crippen molar-refractivity contribution in [1.29, 1.82) is 0 Å². The van der Waals surface area contributed by atoms with Crippen molar-refractivity contribution >= 4 is 17.3 Å². The number of carbonyl (C=O) groups is 1. The number of carboxylic acids is 1. The molecule has 0 aliphatic heterocycles. The molecule has 2 aromatic rings. The van der Waals surface area contributed by atoms with Crippen molar-refractivity contribution in [3.8, 4) is 0 Å². The largest absolute Gasteiger partial charge is 0.478 e. The van der Waals surface area contributed by atoms with E-state index < -0.39 is 10.9 Å². The minimum Gasteiger partial charge on any atom is -0.478 e. The summed E-state index contributed by atoms with van der Waals surface area (Å²) in [6.07, 6.45) is 3.18. The Labute approximate surface area is 114 Å². The molecule has 20 heavy (non-hydrogen) atoms. The van der Waals surface area contributed by atoms with Crippen molar-refractivity contribution in [3.63, 3.8) is 0 Å². The Bertz CT molecular complexity index is 611. The number of hydrogen-bond acceptors (Lipinski definition) is 5. The Morgan fingerprint density at radius 1 is 1.30 bits per heavy atom. The van der Waals surface area contributed by atoms with Gasteiger partial charge in [0, 0.05) is 25.0 Å². The van der Waals surface area contributed by atoms with Gasteiger partial charge in [0.1, 0.15) is 5.69 Å². The maximum absolute atomic E-state index is 11.1. The van der Waals surface area contributed by atoms with Gasteiger partial charge in [-0.05, 0) is 23.8 Å². The lowest BCUT2D eigenvalue weighted by Crippen LogP contribution is -2.09. The van der Waals surface area contributed by atoms with E-state index in [1.807, 2.05) is 0 Å². The molecule has 0 amide bonds. The summed E-state index contributed by atoms with van der Waals surface area (Å²) in [6.45, 7) is 0.271. The number of pyridine rings is 1. The normalized spacial score (nSPS) is 10.0. The van der Waals surface area contributed by atoms with Crippen molar-refractivity contribution in [1.82, 2.24) is 4.98 Å². The molecule has 0 spiro atoms. The van der Waals surface area contributed by atoms with Gasteiger partial charge in [-0.1, -0.05) is 6.07 Å². The first-order valence-electron chi connectivity index (χ1n) is 5.73. The van der Waals surface area contributed by atoms with Crippen LogP contribution in [0.25, 0.3) is 0 Å². The summed E-state index contributed by atoms with van der Waals surface area (Å²) in [5, 5.41) is 22.9. The molecule has 0 unspecified atom stereocenters. The van der Waals surface area contributed by atoms with Crippen LogP contribution in [0.2, 0.25) is 0 Å². The molecule has 0 aliphatic rings. The van der Waals surface area contributed by atoms with Crippen LogP contribution in [-0.4, -0.2) is 21.0 Å². The molecule has 0 atom stereocenters. The maximum Gasteiger partial charge on any atom is 0.338 e. The summed E-state index contributed by atoms with van der Waals surface area (Å²) in [7, 11) is 0. The van der Waals surface area contributed by atoms with Gasteiger partial charge in [-0.15, -0.1) is 0 Å². The number of nitro benzene ring substituents is 1. The SMILES string of the molecule is O=C(O)c1cccc([N+](=O)[O-])c1NCc1ccncc1. The molecule has 1 aromatic carbocycles. The van der Waals surface area contributed by atoms with Crippen LogP contribution in [0.5, 0.6) is 0 Å². The highest BCUT2D eigenvalue weighted by atomic mass is 16.6. The van der Waals surface area contributed by atoms with E-state index in [1.165, 1.54) is 18.2 Å². The third kappa shape index (κ3) is 2.89. The molecule has 7 nitrogen and oxygen atoms in total. The third-order valence-electron chi connectivity index (χ3n) is 2.69. The summed E-state index contributed by atoms with van der Waals surface area (Å²) in [4.78, 5) is 25.4. The highest BCUT2D eigenvalue weighted by molar-refractivity contribution is 5.96. The van der Waals surface area contributed by atoms with E-state index in [0.717, 1.165) is 5.56 Å². The first-order valence-corrected chi connectivity index (χ1v) is 5.73. The lowest BCUT2D eigenvalue weighted by atomic mass is 10.1. The smallest absolute Gasteiger partial charge is 0.338 e. The van der Waals surface area contributed by atoms with Crippen LogP contribution in [-0.2, 0) is 6.54 Å². The van der Waals surface area contributed by atoms with Crippen LogP contribution in [0.4, 0.5) is 11.4 Å². The van der Waals surface area contributed by atoms with E-state index in [0.29, 0.717) is 0 Å². The number of aromatic nitrogens is 1. The molecular formula is C13H11N3O4. The van der Waals surface area contributed by atoms with Gasteiger partial charge >= 0.3 is 5.97 Å². The zero-order valence-corrected chi connectivity index (χ0v) is 10.3. The zero-order chi connectivity index (χ0) is 14.5. The predicted octanol–water partition coefficient (Wildman–Crippen LogP) is 2.30. The number of anilines is 1. The lowest BCUT2D eigenvalue weighted by Gasteiger charge is -2.09. The Hall–Kier alpha value is -2.96. The van der Waals surface area contributed by atoms with E-state index >= 15 is 0 Å². The van der Waals surface area contributed by atoms with Crippen LogP contribution in [0, 0.1) is 10.1 Å². The van der Waals surface area contributed by atoms with Crippen molar-refractivity contribution in [2.75, 3.05) is 5.32 Å². The third-order valence-corrected chi connectivity index (χ3v) is 2.69. The minimum absolute atomic E-state index is 0.00168. The monoisotopic (exact) mass is 273 g/mol. The van der Waals surface area contributed by atoms with Crippen molar-refractivity contribution in [3.05, 3.63) is 64.0 Å². The van der Waals surface area contributed by atoms with Crippen LogP contribution in [0.15, 0.2) is 42.7 Å². The van der Waals surface area contributed by atoms with Crippen LogP contribution < -0.4 is 5.32 Å². The van der Waals surface area contributed by atoms with Gasteiger partial charge in [0.2, 0.25) is 0 Å². The zero-order valence-electron chi connectivity index (χ0n) is 10.3. The molecule has 0 saturated heterocycles. The van der Waals surface area contributed by atoms with Gasteiger partial charge in [0.15, 0.2) is 0 Å². The number of aromatic carboxylic acids is 1. The van der Waals surface area contributed by atoms with E-state index in [-0.39, 0.29) is 23.5 Å². The fraction of sp³-hybridized carbons (Fsp3) is 0.0769. The van der Waals surface area contributed by atoms with Gasteiger partial charge in [0.05, 0.1) is 10.5 Å². The average Bonchev–Trinajstić information content (AvgIpc) is 2.45. The molecule has 0 radical (unpaired) electrons. The summed E-state index contributed by atoms with van der Waals surface area (Å²) in [5.74, 6) is -1.22. The fourth-order valence-electron chi connectivity index (χ4n) is 1.75. The Balaban J connectivity index is 2.33. The number of rotatable bonds is 5. The van der Waals surface area contributed by atoms with Crippen LogP contribution in [0.3, 0.4) is 0 Å². The Kier molecular flexibility index (Phi) is 3.90. The molecule has 1 aromatic heterocycles. The molecule has 0 bridgehead atoms. The molecule has 102 valence electrons. The summed E-state index contributed by atoms with van der Waals surface area (Å²) in [5.41, 5.74) is 0.448. The maximum atomic E-state index is 11.1. The van der Waals surface area contributed by atoms with E-state index in [9.17, 15) is 14.9 Å². The number of benzene rings is 1. The molecule has 0 fully saturated rings. The molecule has 2 rings (SSSR count). The highest BCUT2D eigenvalue weighted by Gasteiger charge is 2.20. The Morgan fingerprint density at radius 3 is 2.60 bits per heavy atom. The Morgan fingerprint density at radius 2 is 2.00 bits per heavy atom. The summed E-state index contributed by atoms with van der Waals surface area (Å²) >= 11 is 0. The number of nitro groups is 1. The van der Waals surface area contributed by atoms with E-state index in [1.54, 1.807) is 24.5 Å². The average molecular weight is 273 g/mol. The molecular weight excluding hydrogens is 262 g/mol. The van der Waals surface area contributed by atoms with Crippen molar-refractivity contribution in [2.45, 2.75) is 6.54 Å². The van der Waals surface area contributed by atoms with Gasteiger partial charge < -0.3 is 10.4 Å². The number of hydrogen-bond donors (Lipinski definition) is 2. The van der Waals surface area contributed by atoms with E-state index in [2.05, 4.69) is 10.3 Å².